The number of rotatable bonds is 12. The summed E-state index contributed by atoms with van der Waals surface area (Å²) in [5.74, 6) is -0.280. The Balaban J connectivity index is 2.12. The topological polar surface area (TPSA) is 76.7 Å². The van der Waals surface area contributed by atoms with Crippen molar-refractivity contribution < 1.29 is 19.1 Å². The number of amides is 1. The van der Waals surface area contributed by atoms with Gasteiger partial charge >= 0.3 is 5.97 Å². The van der Waals surface area contributed by atoms with Crippen molar-refractivity contribution >= 4 is 39.2 Å². The van der Waals surface area contributed by atoms with Gasteiger partial charge in [-0.05, 0) is 32.9 Å². The van der Waals surface area contributed by atoms with E-state index in [1.165, 1.54) is 0 Å². The van der Waals surface area contributed by atoms with Crippen molar-refractivity contribution in [1.29, 1.82) is 0 Å². The van der Waals surface area contributed by atoms with Crippen molar-refractivity contribution in [3.8, 4) is 0 Å². The number of benzene rings is 1. The van der Waals surface area contributed by atoms with E-state index in [4.69, 9.17) is 9.47 Å². The van der Waals surface area contributed by atoms with Crippen LogP contribution in [-0.4, -0.2) is 49.5 Å². The van der Waals surface area contributed by atoms with Crippen LogP contribution in [0.25, 0.3) is 0 Å². The molecule has 158 valence electrons. The molecule has 0 aromatic heterocycles. The highest BCUT2D eigenvalue weighted by Gasteiger charge is 2.16. The fourth-order valence-electron chi connectivity index (χ4n) is 2.16. The van der Waals surface area contributed by atoms with Gasteiger partial charge in [0.1, 0.15) is 5.60 Å². The third-order valence-corrected chi connectivity index (χ3v) is 6.31. The van der Waals surface area contributed by atoms with Gasteiger partial charge in [-0.3, -0.25) is 9.59 Å². The lowest BCUT2D eigenvalue weighted by atomic mass is 10.2. The fourth-order valence-corrected chi connectivity index (χ4v) is 4.49. The van der Waals surface area contributed by atoms with Gasteiger partial charge in [-0.2, -0.15) is 0 Å². The molecule has 1 atom stereocenters. The lowest BCUT2D eigenvalue weighted by Gasteiger charge is -2.19. The minimum Gasteiger partial charge on any atom is -0.460 e. The Morgan fingerprint density at radius 3 is 2.57 bits per heavy atom. The van der Waals surface area contributed by atoms with E-state index in [1.807, 2.05) is 52.9 Å². The minimum atomic E-state index is -0.479. The molecule has 2 N–H and O–H groups in total. The fraction of sp³-hybridized carbons (Fsp3) is 0.600. The van der Waals surface area contributed by atoms with Crippen LogP contribution in [-0.2, 0) is 19.1 Å². The predicted octanol–water partition coefficient (Wildman–Crippen LogP) is 4.11. The molecule has 0 bridgehead atoms. The van der Waals surface area contributed by atoms with Crippen molar-refractivity contribution in [2.45, 2.75) is 56.3 Å². The second-order valence-corrected chi connectivity index (χ2v) is 9.92. The van der Waals surface area contributed by atoms with E-state index in [-0.39, 0.29) is 23.5 Å². The normalized spacial score (nSPS) is 12.3. The van der Waals surface area contributed by atoms with Gasteiger partial charge in [0, 0.05) is 35.8 Å². The van der Waals surface area contributed by atoms with E-state index in [2.05, 4.69) is 16.7 Å². The van der Waals surface area contributed by atoms with Gasteiger partial charge in [0.15, 0.2) is 0 Å². The Morgan fingerprint density at radius 2 is 1.89 bits per heavy atom. The number of nitrogens with one attached hydrogen (secondary N) is 2. The SMILES string of the molecule is CNc1ccccc1SSC(C)CC(=O)NCCOCCC(=O)OC(C)(C)C. The van der Waals surface area contributed by atoms with Crippen LogP contribution in [0.4, 0.5) is 5.69 Å². The molecule has 0 heterocycles. The average molecular weight is 429 g/mol. The Kier molecular flexibility index (Phi) is 11.4. The Labute approximate surface area is 176 Å². The number of anilines is 1. The van der Waals surface area contributed by atoms with E-state index in [0.29, 0.717) is 26.2 Å². The summed E-state index contributed by atoms with van der Waals surface area (Å²) >= 11 is 0. The van der Waals surface area contributed by atoms with Gasteiger partial charge in [0.05, 0.1) is 19.6 Å². The van der Waals surface area contributed by atoms with Crippen LogP contribution < -0.4 is 10.6 Å². The Bertz CT molecular complexity index is 620. The zero-order valence-corrected chi connectivity index (χ0v) is 19.0. The minimum absolute atomic E-state index is 0.00163. The van der Waals surface area contributed by atoms with E-state index in [1.54, 1.807) is 21.6 Å². The number of esters is 1. The predicted molar refractivity (Wildman–Crippen MR) is 118 cm³/mol. The molecular weight excluding hydrogens is 396 g/mol. The van der Waals surface area contributed by atoms with Crippen LogP contribution >= 0.6 is 21.6 Å². The van der Waals surface area contributed by atoms with Crippen LogP contribution in [0.2, 0.25) is 0 Å². The van der Waals surface area contributed by atoms with E-state index in [9.17, 15) is 9.59 Å². The summed E-state index contributed by atoms with van der Waals surface area (Å²) < 4.78 is 10.6. The highest BCUT2D eigenvalue weighted by Crippen LogP contribution is 2.39. The van der Waals surface area contributed by atoms with Crippen LogP contribution in [0.1, 0.15) is 40.5 Å². The molecular formula is C20H32N2O4S2. The molecule has 0 aliphatic heterocycles. The van der Waals surface area contributed by atoms with Gasteiger partial charge in [0.25, 0.3) is 0 Å². The number of carbonyl (C=O) groups is 2. The lowest BCUT2D eigenvalue weighted by Crippen LogP contribution is -2.29. The molecule has 0 radical (unpaired) electrons. The largest absolute Gasteiger partial charge is 0.460 e. The van der Waals surface area contributed by atoms with Gasteiger partial charge in [-0.25, -0.2) is 0 Å². The average Bonchev–Trinajstić information content (AvgIpc) is 2.61. The van der Waals surface area contributed by atoms with Gasteiger partial charge in [-0.15, -0.1) is 0 Å². The Morgan fingerprint density at radius 1 is 1.18 bits per heavy atom. The molecule has 0 aliphatic rings. The molecule has 0 saturated heterocycles. The summed E-state index contributed by atoms with van der Waals surface area (Å²) in [5.41, 5.74) is 0.605. The third-order valence-electron chi connectivity index (χ3n) is 3.37. The summed E-state index contributed by atoms with van der Waals surface area (Å²) in [4.78, 5) is 24.7. The molecule has 0 saturated carbocycles. The molecule has 1 aromatic rings. The molecule has 0 aliphatic carbocycles. The summed E-state index contributed by atoms with van der Waals surface area (Å²) in [6.07, 6.45) is 0.654. The number of ether oxygens (including phenoxy) is 2. The number of hydrogen-bond donors (Lipinski definition) is 2. The van der Waals surface area contributed by atoms with E-state index < -0.39 is 5.60 Å². The highest BCUT2D eigenvalue weighted by atomic mass is 33.1. The van der Waals surface area contributed by atoms with E-state index >= 15 is 0 Å². The van der Waals surface area contributed by atoms with Crippen molar-refractivity contribution in [3.05, 3.63) is 24.3 Å². The molecule has 1 rings (SSSR count). The Hall–Kier alpha value is -1.38. The van der Waals surface area contributed by atoms with E-state index in [0.717, 1.165) is 10.6 Å². The maximum Gasteiger partial charge on any atom is 0.308 e. The van der Waals surface area contributed by atoms with Gasteiger partial charge in [-0.1, -0.05) is 40.6 Å². The molecule has 1 aromatic carbocycles. The second kappa shape index (κ2) is 13.0. The maximum absolute atomic E-state index is 12.0. The van der Waals surface area contributed by atoms with Crippen molar-refractivity contribution in [2.75, 3.05) is 32.1 Å². The zero-order chi connectivity index (χ0) is 21.0. The number of carbonyl (C=O) groups excluding carboxylic acids is 2. The van der Waals surface area contributed by atoms with Crippen molar-refractivity contribution in [2.24, 2.45) is 0 Å². The first kappa shape index (κ1) is 24.7. The maximum atomic E-state index is 12.0. The standard InChI is InChI=1S/C20H32N2O4S2/c1-15(27-28-17-9-7-6-8-16(17)21-5)14-18(23)22-11-13-25-12-10-19(24)26-20(2,3)4/h6-9,15,21H,10-14H2,1-5H3,(H,22,23). The number of hydrogen-bond acceptors (Lipinski definition) is 7. The summed E-state index contributed by atoms with van der Waals surface area (Å²) in [7, 11) is 5.24. The first-order chi connectivity index (χ1) is 13.2. The summed E-state index contributed by atoms with van der Waals surface area (Å²) in [6, 6.07) is 8.09. The third kappa shape index (κ3) is 11.5. The summed E-state index contributed by atoms with van der Waals surface area (Å²) in [5, 5.41) is 6.20. The smallest absolute Gasteiger partial charge is 0.308 e. The molecule has 0 fully saturated rings. The second-order valence-electron chi connectivity index (χ2n) is 7.24. The highest BCUT2D eigenvalue weighted by molar-refractivity contribution is 8.77. The first-order valence-electron chi connectivity index (χ1n) is 9.37. The van der Waals surface area contributed by atoms with Crippen molar-refractivity contribution in [3.63, 3.8) is 0 Å². The van der Waals surface area contributed by atoms with Crippen LogP contribution in [0, 0.1) is 0 Å². The monoisotopic (exact) mass is 428 g/mol. The van der Waals surface area contributed by atoms with Crippen molar-refractivity contribution in [1.82, 2.24) is 5.32 Å². The molecule has 1 unspecified atom stereocenters. The molecule has 8 heteroatoms. The summed E-state index contributed by atoms with van der Waals surface area (Å²) in [6.45, 7) is 8.63. The molecule has 0 spiro atoms. The van der Waals surface area contributed by atoms with Crippen LogP contribution in [0.3, 0.4) is 0 Å². The van der Waals surface area contributed by atoms with Crippen LogP contribution in [0.5, 0.6) is 0 Å². The van der Waals surface area contributed by atoms with Gasteiger partial charge in [0.2, 0.25) is 5.91 Å². The molecule has 1 amide bonds. The zero-order valence-electron chi connectivity index (χ0n) is 17.4. The molecule has 6 nitrogen and oxygen atoms in total. The quantitative estimate of drug-likeness (QED) is 0.295. The van der Waals surface area contributed by atoms with Gasteiger partial charge < -0.3 is 20.1 Å². The number of para-hydroxylation sites is 1. The lowest BCUT2D eigenvalue weighted by molar-refractivity contribution is -0.156. The molecule has 28 heavy (non-hydrogen) atoms. The van der Waals surface area contributed by atoms with Crippen LogP contribution in [0.15, 0.2) is 29.2 Å². The first-order valence-corrected chi connectivity index (χ1v) is 11.6.